The topological polar surface area (TPSA) is 35.5 Å². The van der Waals surface area contributed by atoms with Gasteiger partial charge < -0.3 is 9.47 Å². The van der Waals surface area contributed by atoms with Gasteiger partial charge in [0.15, 0.2) is 0 Å². The molecule has 0 N–H and O–H groups in total. The summed E-state index contributed by atoms with van der Waals surface area (Å²) in [5.41, 5.74) is 1.03. The molecule has 1 heterocycles. The average molecular weight is 262 g/mol. The molecule has 3 nitrogen and oxygen atoms in total. The summed E-state index contributed by atoms with van der Waals surface area (Å²) in [4.78, 5) is 11.5. The Morgan fingerprint density at radius 2 is 2.05 bits per heavy atom. The third-order valence-corrected chi connectivity index (χ3v) is 3.57. The second-order valence-electron chi connectivity index (χ2n) is 5.82. The van der Waals surface area contributed by atoms with E-state index in [4.69, 9.17) is 9.47 Å². The molecule has 1 atom stereocenters. The monoisotopic (exact) mass is 262 g/mol. The first-order valence-electron chi connectivity index (χ1n) is 6.83. The summed E-state index contributed by atoms with van der Waals surface area (Å²) >= 11 is 0. The second kappa shape index (κ2) is 6.31. The van der Waals surface area contributed by atoms with Crippen LogP contribution in [-0.2, 0) is 20.9 Å². The first kappa shape index (κ1) is 14.2. The van der Waals surface area contributed by atoms with Crippen molar-refractivity contribution in [3.05, 3.63) is 35.9 Å². The van der Waals surface area contributed by atoms with Crippen molar-refractivity contribution in [2.24, 2.45) is 5.41 Å². The largest absolute Gasteiger partial charge is 0.377 e. The van der Waals surface area contributed by atoms with Crippen LogP contribution >= 0.6 is 0 Å². The fourth-order valence-corrected chi connectivity index (χ4v) is 2.28. The van der Waals surface area contributed by atoms with Gasteiger partial charge in [0.25, 0.3) is 0 Å². The van der Waals surface area contributed by atoms with Crippen LogP contribution in [-0.4, -0.2) is 25.1 Å². The molecule has 1 aromatic rings. The van der Waals surface area contributed by atoms with Gasteiger partial charge >= 0.3 is 0 Å². The van der Waals surface area contributed by atoms with Crippen molar-refractivity contribution in [2.75, 3.05) is 13.2 Å². The minimum Gasteiger partial charge on any atom is -0.377 e. The zero-order chi connectivity index (χ0) is 13.7. The molecule has 0 saturated carbocycles. The lowest BCUT2D eigenvalue weighted by Gasteiger charge is -2.35. The summed E-state index contributed by atoms with van der Waals surface area (Å²) in [6.07, 6.45) is 1.05. The van der Waals surface area contributed by atoms with Crippen molar-refractivity contribution >= 4 is 5.78 Å². The van der Waals surface area contributed by atoms with E-state index in [0.717, 1.165) is 0 Å². The Hall–Kier alpha value is -1.19. The molecule has 2 rings (SSSR count). The van der Waals surface area contributed by atoms with Crippen LogP contribution in [0, 0.1) is 5.41 Å². The van der Waals surface area contributed by atoms with E-state index in [1.54, 1.807) is 0 Å². The van der Waals surface area contributed by atoms with Crippen LogP contribution in [0.2, 0.25) is 0 Å². The summed E-state index contributed by atoms with van der Waals surface area (Å²) < 4.78 is 11.5. The normalized spacial score (nSPS) is 20.5. The molecule has 1 aliphatic rings. The summed E-state index contributed by atoms with van der Waals surface area (Å²) in [6.45, 7) is 5.94. The van der Waals surface area contributed by atoms with E-state index in [9.17, 15) is 4.79 Å². The Bertz CT molecular complexity index is 411. The molecule has 1 unspecified atom stereocenters. The first-order chi connectivity index (χ1) is 9.08. The molecule has 1 saturated heterocycles. The van der Waals surface area contributed by atoms with E-state index < -0.39 is 0 Å². The molecule has 0 bridgehead atoms. The van der Waals surface area contributed by atoms with Crippen molar-refractivity contribution in [2.45, 2.75) is 39.4 Å². The van der Waals surface area contributed by atoms with Gasteiger partial charge in [-0.25, -0.2) is 0 Å². The van der Waals surface area contributed by atoms with Crippen molar-refractivity contribution in [3.8, 4) is 0 Å². The highest BCUT2D eigenvalue weighted by Crippen LogP contribution is 2.29. The minimum absolute atomic E-state index is 0.0236. The van der Waals surface area contributed by atoms with Gasteiger partial charge in [0, 0.05) is 18.3 Å². The third kappa shape index (κ3) is 4.15. The van der Waals surface area contributed by atoms with E-state index in [0.29, 0.717) is 38.4 Å². The van der Waals surface area contributed by atoms with Crippen LogP contribution in [0.25, 0.3) is 0 Å². The predicted octanol–water partition coefficient (Wildman–Crippen LogP) is 2.98. The maximum atomic E-state index is 11.5. The van der Waals surface area contributed by atoms with Gasteiger partial charge in [0.1, 0.15) is 5.78 Å². The van der Waals surface area contributed by atoms with E-state index >= 15 is 0 Å². The fourth-order valence-electron chi connectivity index (χ4n) is 2.28. The summed E-state index contributed by atoms with van der Waals surface area (Å²) in [6, 6.07) is 10.1. The molecule has 104 valence electrons. The van der Waals surface area contributed by atoms with Crippen molar-refractivity contribution in [3.63, 3.8) is 0 Å². The van der Waals surface area contributed by atoms with Gasteiger partial charge in [-0.15, -0.1) is 0 Å². The summed E-state index contributed by atoms with van der Waals surface area (Å²) in [5.74, 6) is 0.299. The van der Waals surface area contributed by atoms with Crippen molar-refractivity contribution in [1.82, 2.24) is 0 Å². The second-order valence-corrected chi connectivity index (χ2v) is 5.82. The Labute approximate surface area is 114 Å². The maximum Gasteiger partial charge on any atom is 0.137 e. The average Bonchev–Trinajstić information content (AvgIpc) is 2.40. The van der Waals surface area contributed by atoms with E-state index in [1.165, 1.54) is 5.56 Å². The molecule has 0 aliphatic carbocycles. The van der Waals surface area contributed by atoms with Gasteiger partial charge in [-0.05, 0) is 5.56 Å². The fraction of sp³-hybridized carbons (Fsp3) is 0.562. The Balaban J connectivity index is 1.82. The lowest BCUT2D eigenvalue weighted by molar-refractivity contribution is -0.138. The number of carbonyl (C=O) groups excluding carboxylic acids is 1. The predicted molar refractivity (Wildman–Crippen MR) is 73.9 cm³/mol. The SMILES string of the molecule is CC(C)(COCc1ccccc1)C1CC(=O)CCO1. The van der Waals surface area contributed by atoms with Gasteiger partial charge in [0.2, 0.25) is 0 Å². The highest BCUT2D eigenvalue weighted by molar-refractivity contribution is 5.79. The first-order valence-corrected chi connectivity index (χ1v) is 6.83. The number of carbonyl (C=O) groups is 1. The Morgan fingerprint density at radius 3 is 2.74 bits per heavy atom. The highest BCUT2D eigenvalue weighted by Gasteiger charge is 2.34. The molecule has 1 aliphatic heterocycles. The molecule has 1 fully saturated rings. The number of ether oxygens (including phenoxy) is 2. The molecule has 0 aromatic heterocycles. The zero-order valence-electron chi connectivity index (χ0n) is 11.7. The maximum absolute atomic E-state index is 11.5. The van der Waals surface area contributed by atoms with Gasteiger partial charge in [0.05, 0.1) is 25.9 Å². The van der Waals surface area contributed by atoms with Crippen LogP contribution in [0.15, 0.2) is 30.3 Å². The van der Waals surface area contributed by atoms with Crippen LogP contribution in [0.4, 0.5) is 0 Å². The molecule has 0 amide bonds. The van der Waals surface area contributed by atoms with E-state index in [2.05, 4.69) is 13.8 Å². The lowest BCUT2D eigenvalue weighted by atomic mass is 9.83. The summed E-state index contributed by atoms with van der Waals surface area (Å²) in [7, 11) is 0. The number of rotatable bonds is 5. The third-order valence-electron chi connectivity index (χ3n) is 3.57. The van der Waals surface area contributed by atoms with Crippen LogP contribution in [0.3, 0.4) is 0 Å². The minimum atomic E-state index is -0.134. The Morgan fingerprint density at radius 1 is 1.32 bits per heavy atom. The standard InChI is InChI=1S/C16H22O3/c1-16(2,15-10-14(17)8-9-19-15)12-18-11-13-6-4-3-5-7-13/h3-7,15H,8-12H2,1-2H3. The lowest BCUT2D eigenvalue weighted by Crippen LogP contribution is -2.40. The number of hydrogen-bond donors (Lipinski definition) is 0. The van der Waals surface area contributed by atoms with Crippen molar-refractivity contribution < 1.29 is 14.3 Å². The molecule has 19 heavy (non-hydrogen) atoms. The van der Waals surface area contributed by atoms with Crippen LogP contribution in [0.5, 0.6) is 0 Å². The molecular formula is C16H22O3. The summed E-state index contributed by atoms with van der Waals surface area (Å²) in [5, 5.41) is 0. The van der Waals surface area contributed by atoms with Crippen LogP contribution < -0.4 is 0 Å². The zero-order valence-corrected chi connectivity index (χ0v) is 11.7. The quantitative estimate of drug-likeness (QED) is 0.818. The van der Waals surface area contributed by atoms with E-state index in [-0.39, 0.29) is 11.5 Å². The molecule has 0 spiro atoms. The number of hydrogen-bond acceptors (Lipinski definition) is 3. The van der Waals surface area contributed by atoms with Gasteiger partial charge in [-0.2, -0.15) is 0 Å². The molecule has 3 heteroatoms. The van der Waals surface area contributed by atoms with E-state index in [1.807, 2.05) is 30.3 Å². The number of Topliss-reactive ketones (excluding diaryl/α,β-unsaturated/α-hetero) is 1. The highest BCUT2D eigenvalue weighted by atomic mass is 16.5. The number of ketones is 1. The number of benzene rings is 1. The van der Waals surface area contributed by atoms with Gasteiger partial charge in [-0.3, -0.25) is 4.79 Å². The van der Waals surface area contributed by atoms with Crippen molar-refractivity contribution in [1.29, 1.82) is 0 Å². The van der Waals surface area contributed by atoms with Gasteiger partial charge in [-0.1, -0.05) is 44.2 Å². The molecule has 1 aromatic carbocycles. The Kier molecular flexibility index (Phi) is 4.72. The van der Waals surface area contributed by atoms with Crippen LogP contribution in [0.1, 0.15) is 32.3 Å². The smallest absolute Gasteiger partial charge is 0.137 e. The molecule has 0 radical (unpaired) electrons. The molecular weight excluding hydrogens is 240 g/mol.